The van der Waals surface area contributed by atoms with E-state index in [1.54, 1.807) is 0 Å². The Hall–Kier alpha value is -0.320. The van der Waals surface area contributed by atoms with Gasteiger partial charge in [0.1, 0.15) is 5.76 Å². The number of furan rings is 1. The minimum absolute atomic E-state index is 0.132. The Balaban J connectivity index is 2.45. The van der Waals surface area contributed by atoms with Gasteiger partial charge in [-0.3, -0.25) is 5.84 Å². The lowest BCUT2D eigenvalue weighted by molar-refractivity contribution is 0.382. The molecule has 0 saturated heterocycles. The lowest BCUT2D eigenvalue weighted by Crippen LogP contribution is -2.27. The van der Waals surface area contributed by atoms with Gasteiger partial charge >= 0.3 is 0 Å². The molecule has 1 atom stereocenters. The summed E-state index contributed by atoms with van der Waals surface area (Å²) in [5.41, 5.74) is 2.78. The van der Waals surface area contributed by atoms with Gasteiger partial charge in [-0.1, -0.05) is 26.2 Å². The predicted molar refractivity (Wildman–Crippen MR) is 60.6 cm³/mol. The molecule has 3 nitrogen and oxygen atoms in total. The molecule has 0 aliphatic heterocycles. The fraction of sp³-hybridized carbons (Fsp3) is 0.600. The molecule has 0 radical (unpaired) electrons. The molecule has 0 saturated carbocycles. The van der Waals surface area contributed by atoms with Gasteiger partial charge in [0.15, 0.2) is 4.67 Å². The molecule has 0 aliphatic rings. The second-order valence-electron chi connectivity index (χ2n) is 3.36. The molecular weight excluding hydrogens is 244 g/mol. The zero-order chi connectivity index (χ0) is 10.4. The third kappa shape index (κ3) is 3.44. The molecule has 1 heterocycles. The van der Waals surface area contributed by atoms with Crippen molar-refractivity contribution in [1.82, 2.24) is 5.43 Å². The van der Waals surface area contributed by atoms with Crippen LogP contribution in [0.25, 0.3) is 0 Å². The summed E-state index contributed by atoms with van der Waals surface area (Å²) in [5.74, 6) is 6.37. The van der Waals surface area contributed by atoms with Crippen LogP contribution >= 0.6 is 15.9 Å². The molecule has 14 heavy (non-hydrogen) atoms. The van der Waals surface area contributed by atoms with Gasteiger partial charge in [-0.2, -0.15) is 0 Å². The first-order valence-electron chi connectivity index (χ1n) is 4.99. The minimum atomic E-state index is 0.132. The predicted octanol–water partition coefficient (Wildman–Crippen LogP) is 3.13. The highest BCUT2D eigenvalue weighted by Gasteiger charge is 2.12. The van der Waals surface area contributed by atoms with Crippen molar-refractivity contribution < 1.29 is 4.42 Å². The molecule has 0 aliphatic carbocycles. The number of nitrogens with two attached hydrogens (primary N) is 1. The van der Waals surface area contributed by atoms with Crippen molar-refractivity contribution in [3.05, 3.63) is 22.6 Å². The van der Waals surface area contributed by atoms with Crippen LogP contribution in [0.4, 0.5) is 0 Å². The monoisotopic (exact) mass is 260 g/mol. The third-order valence-electron chi connectivity index (χ3n) is 2.23. The van der Waals surface area contributed by atoms with Gasteiger partial charge in [-0.25, -0.2) is 5.43 Å². The summed E-state index contributed by atoms with van der Waals surface area (Å²) in [6.07, 6.45) is 4.65. The van der Waals surface area contributed by atoms with Gasteiger partial charge in [0.05, 0.1) is 6.04 Å². The average molecular weight is 261 g/mol. The summed E-state index contributed by atoms with van der Waals surface area (Å²) in [4.78, 5) is 0. The van der Waals surface area contributed by atoms with Gasteiger partial charge in [-0.05, 0) is 34.5 Å². The molecule has 3 N–H and O–H groups in total. The Bertz CT molecular complexity index is 262. The molecule has 0 aromatic carbocycles. The molecule has 0 spiro atoms. The lowest BCUT2D eigenvalue weighted by Gasteiger charge is -2.12. The maximum Gasteiger partial charge on any atom is 0.169 e. The van der Waals surface area contributed by atoms with Crippen molar-refractivity contribution in [1.29, 1.82) is 0 Å². The van der Waals surface area contributed by atoms with Gasteiger partial charge in [0, 0.05) is 0 Å². The first kappa shape index (κ1) is 11.8. The summed E-state index contributed by atoms with van der Waals surface area (Å²) in [6.45, 7) is 2.19. The number of rotatable bonds is 6. The Morgan fingerprint density at radius 2 is 2.29 bits per heavy atom. The highest BCUT2D eigenvalue weighted by molar-refractivity contribution is 9.10. The highest BCUT2D eigenvalue weighted by Crippen LogP contribution is 2.23. The van der Waals surface area contributed by atoms with Gasteiger partial charge in [0.25, 0.3) is 0 Å². The second kappa shape index (κ2) is 6.22. The van der Waals surface area contributed by atoms with E-state index in [1.807, 2.05) is 12.1 Å². The zero-order valence-corrected chi connectivity index (χ0v) is 10.0. The van der Waals surface area contributed by atoms with Crippen molar-refractivity contribution in [2.24, 2.45) is 5.84 Å². The summed E-state index contributed by atoms with van der Waals surface area (Å²) < 4.78 is 6.19. The fourth-order valence-corrected chi connectivity index (χ4v) is 1.74. The smallest absolute Gasteiger partial charge is 0.169 e. The van der Waals surface area contributed by atoms with Crippen molar-refractivity contribution >= 4 is 15.9 Å². The van der Waals surface area contributed by atoms with Gasteiger partial charge < -0.3 is 4.42 Å². The Kier molecular flexibility index (Phi) is 5.22. The minimum Gasteiger partial charge on any atom is -0.453 e. The molecular formula is C10H17BrN2O. The van der Waals surface area contributed by atoms with Crippen LogP contribution in [0.5, 0.6) is 0 Å². The maximum absolute atomic E-state index is 5.47. The number of nitrogens with one attached hydrogen (secondary N) is 1. The first-order chi connectivity index (χ1) is 6.77. The van der Waals surface area contributed by atoms with Crippen LogP contribution in [0.2, 0.25) is 0 Å². The normalized spacial score (nSPS) is 13.1. The number of hydrogen-bond acceptors (Lipinski definition) is 3. The van der Waals surface area contributed by atoms with Crippen molar-refractivity contribution in [2.75, 3.05) is 0 Å². The quantitative estimate of drug-likeness (QED) is 0.470. The molecule has 0 fully saturated rings. The topological polar surface area (TPSA) is 51.2 Å². The van der Waals surface area contributed by atoms with Crippen molar-refractivity contribution in [3.8, 4) is 0 Å². The van der Waals surface area contributed by atoms with Crippen molar-refractivity contribution in [2.45, 2.75) is 38.6 Å². The van der Waals surface area contributed by atoms with E-state index in [1.165, 1.54) is 19.3 Å². The standard InChI is InChI=1S/C10H17BrN2O/c1-2-3-4-5-8(13-12)9-6-7-10(11)14-9/h6-8,13H,2-5,12H2,1H3. The molecule has 4 heteroatoms. The van der Waals surface area contributed by atoms with E-state index in [9.17, 15) is 0 Å². The first-order valence-corrected chi connectivity index (χ1v) is 5.78. The number of halogens is 1. The molecule has 0 bridgehead atoms. The lowest BCUT2D eigenvalue weighted by atomic mass is 10.1. The van der Waals surface area contributed by atoms with Crippen LogP contribution < -0.4 is 11.3 Å². The van der Waals surface area contributed by atoms with E-state index in [4.69, 9.17) is 10.3 Å². The van der Waals surface area contributed by atoms with Crippen LogP contribution in [0.3, 0.4) is 0 Å². The largest absolute Gasteiger partial charge is 0.453 e. The number of unbranched alkanes of at least 4 members (excludes halogenated alkanes) is 2. The van der Waals surface area contributed by atoms with E-state index >= 15 is 0 Å². The summed E-state index contributed by atoms with van der Waals surface area (Å²) in [6, 6.07) is 3.97. The zero-order valence-electron chi connectivity index (χ0n) is 8.42. The summed E-state index contributed by atoms with van der Waals surface area (Å²) >= 11 is 3.28. The van der Waals surface area contributed by atoms with Crippen LogP contribution in [-0.2, 0) is 0 Å². The Morgan fingerprint density at radius 3 is 2.79 bits per heavy atom. The molecule has 0 amide bonds. The van der Waals surface area contributed by atoms with Gasteiger partial charge in [-0.15, -0.1) is 0 Å². The van der Waals surface area contributed by atoms with Crippen LogP contribution in [0.15, 0.2) is 21.2 Å². The summed E-state index contributed by atoms with van der Waals surface area (Å²) in [5, 5.41) is 0. The van der Waals surface area contributed by atoms with Crippen LogP contribution in [0, 0.1) is 0 Å². The average Bonchev–Trinajstić information content (AvgIpc) is 2.60. The number of hydrazine groups is 1. The molecule has 80 valence electrons. The van der Waals surface area contributed by atoms with E-state index in [-0.39, 0.29) is 6.04 Å². The molecule has 1 rings (SSSR count). The van der Waals surface area contributed by atoms with E-state index in [0.29, 0.717) is 0 Å². The molecule has 1 aromatic heterocycles. The van der Waals surface area contributed by atoms with E-state index in [2.05, 4.69) is 28.3 Å². The second-order valence-corrected chi connectivity index (χ2v) is 4.14. The third-order valence-corrected chi connectivity index (χ3v) is 2.66. The molecule has 1 unspecified atom stereocenters. The van der Waals surface area contributed by atoms with Gasteiger partial charge in [0.2, 0.25) is 0 Å². The highest BCUT2D eigenvalue weighted by atomic mass is 79.9. The SMILES string of the molecule is CCCCCC(NN)c1ccc(Br)o1. The van der Waals surface area contributed by atoms with Crippen LogP contribution in [-0.4, -0.2) is 0 Å². The fourth-order valence-electron chi connectivity index (χ4n) is 1.42. The Morgan fingerprint density at radius 1 is 1.50 bits per heavy atom. The molecule has 1 aromatic rings. The number of hydrogen-bond donors (Lipinski definition) is 2. The van der Waals surface area contributed by atoms with E-state index in [0.717, 1.165) is 16.9 Å². The van der Waals surface area contributed by atoms with E-state index < -0.39 is 0 Å². The van der Waals surface area contributed by atoms with Crippen LogP contribution in [0.1, 0.15) is 44.4 Å². The summed E-state index contributed by atoms with van der Waals surface area (Å²) in [7, 11) is 0. The maximum atomic E-state index is 5.47. The van der Waals surface area contributed by atoms with Crippen molar-refractivity contribution in [3.63, 3.8) is 0 Å². The Labute approximate surface area is 93.1 Å².